The molecule has 0 aromatic heterocycles. The molecule has 0 saturated heterocycles. The minimum Gasteiger partial charge on any atom is -0.398 e. The van der Waals surface area contributed by atoms with Crippen LogP contribution in [0.1, 0.15) is 37.2 Å². The monoisotopic (exact) mass is 243 g/mol. The predicted molar refractivity (Wildman–Crippen MR) is 61.6 cm³/mol. The Morgan fingerprint density at radius 1 is 1.00 bits per heavy atom. The first-order valence-corrected chi connectivity index (χ1v) is 5.89. The third-order valence-corrected chi connectivity index (χ3v) is 3.63. The molecule has 94 valence electrons. The molecule has 1 aromatic carbocycles. The van der Waals surface area contributed by atoms with E-state index in [0.717, 1.165) is 5.56 Å². The number of benzene rings is 1. The lowest BCUT2D eigenvalue weighted by atomic mass is 9.78. The van der Waals surface area contributed by atoms with Crippen molar-refractivity contribution in [3.05, 3.63) is 29.8 Å². The molecule has 1 aromatic rings. The molecule has 0 unspecified atom stereocenters. The lowest BCUT2D eigenvalue weighted by Crippen LogP contribution is -2.27. The number of nitrogens with two attached hydrogens (primary N) is 1. The molecule has 0 radical (unpaired) electrons. The molecule has 1 saturated carbocycles. The molecule has 2 N–H and O–H groups in total. The number of alkyl halides is 3. The summed E-state index contributed by atoms with van der Waals surface area (Å²) < 4.78 is 37.6. The summed E-state index contributed by atoms with van der Waals surface area (Å²) in [6, 6.07) is 7.47. The van der Waals surface area contributed by atoms with Gasteiger partial charge < -0.3 is 5.73 Å². The van der Waals surface area contributed by atoms with Crippen LogP contribution in [0.3, 0.4) is 0 Å². The maximum absolute atomic E-state index is 12.5. The highest BCUT2D eigenvalue weighted by atomic mass is 19.4. The van der Waals surface area contributed by atoms with Crippen LogP contribution in [0.25, 0.3) is 0 Å². The summed E-state index contributed by atoms with van der Waals surface area (Å²) in [6.45, 7) is 0. The van der Waals surface area contributed by atoms with Crippen molar-refractivity contribution in [2.24, 2.45) is 5.92 Å². The molecule has 0 heterocycles. The molecule has 0 atom stereocenters. The number of anilines is 1. The number of halogens is 3. The Labute approximate surface area is 98.8 Å². The zero-order chi connectivity index (χ0) is 12.5. The lowest BCUT2D eigenvalue weighted by Gasteiger charge is -2.30. The van der Waals surface area contributed by atoms with Crippen LogP contribution < -0.4 is 5.73 Å². The highest BCUT2D eigenvalue weighted by molar-refractivity contribution is 5.48. The standard InChI is InChI=1S/C13H16F3N/c14-13(15,16)10-7-5-9(6-8-10)11-3-1-2-4-12(11)17/h1-4,9-10H,5-8,17H2. The topological polar surface area (TPSA) is 26.0 Å². The Hall–Kier alpha value is -1.19. The summed E-state index contributed by atoms with van der Waals surface area (Å²) in [6.07, 6.45) is -2.42. The van der Waals surface area contributed by atoms with Crippen LogP contribution in [-0.4, -0.2) is 6.18 Å². The Kier molecular flexibility index (Phi) is 3.31. The van der Waals surface area contributed by atoms with Gasteiger partial charge in [-0.15, -0.1) is 0 Å². The Balaban J connectivity index is 2.03. The first kappa shape index (κ1) is 12.3. The van der Waals surface area contributed by atoms with E-state index >= 15 is 0 Å². The van der Waals surface area contributed by atoms with Crippen LogP contribution in [0.4, 0.5) is 18.9 Å². The SMILES string of the molecule is Nc1ccccc1C1CCC(C(F)(F)F)CC1. The number of hydrogen-bond acceptors (Lipinski definition) is 1. The van der Waals surface area contributed by atoms with Crippen molar-refractivity contribution < 1.29 is 13.2 Å². The number of hydrogen-bond donors (Lipinski definition) is 1. The molecule has 0 aliphatic heterocycles. The van der Waals surface area contributed by atoms with Crippen LogP contribution in [0.2, 0.25) is 0 Å². The van der Waals surface area contributed by atoms with E-state index in [-0.39, 0.29) is 18.8 Å². The van der Waals surface area contributed by atoms with E-state index in [1.165, 1.54) is 0 Å². The number of nitrogen functional groups attached to an aromatic ring is 1. The van der Waals surface area contributed by atoms with E-state index in [4.69, 9.17) is 5.73 Å². The van der Waals surface area contributed by atoms with E-state index in [9.17, 15) is 13.2 Å². The summed E-state index contributed by atoms with van der Waals surface area (Å²) in [5.41, 5.74) is 7.55. The molecular weight excluding hydrogens is 227 g/mol. The molecular formula is C13H16F3N. The van der Waals surface area contributed by atoms with Gasteiger partial charge in [0.25, 0.3) is 0 Å². The fourth-order valence-electron chi connectivity index (χ4n) is 2.61. The van der Waals surface area contributed by atoms with Crippen molar-refractivity contribution in [2.75, 3.05) is 5.73 Å². The summed E-state index contributed by atoms with van der Waals surface area (Å²) >= 11 is 0. The van der Waals surface area contributed by atoms with Crippen LogP contribution in [0, 0.1) is 5.92 Å². The summed E-state index contributed by atoms with van der Waals surface area (Å²) in [5, 5.41) is 0. The molecule has 0 spiro atoms. The largest absolute Gasteiger partial charge is 0.398 e. The third-order valence-electron chi connectivity index (χ3n) is 3.63. The van der Waals surface area contributed by atoms with Gasteiger partial charge in [0.15, 0.2) is 0 Å². The van der Waals surface area contributed by atoms with Crippen LogP contribution in [-0.2, 0) is 0 Å². The maximum atomic E-state index is 12.5. The second-order valence-corrected chi connectivity index (χ2v) is 4.72. The minimum absolute atomic E-state index is 0.190. The zero-order valence-corrected chi connectivity index (χ0v) is 9.50. The van der Waals surface area contributed by atoms with Crippen molar-refractivity contribution in [2.45, 2.75) is 37.8 Å². The predicted octanol–water partition coefficient (Wildman–Crippen LogP) is 4.10. The maximum Gasteiger partial charge on any atom is 0.391 e. The minimum atomic E-state index is -4.03. The van der Waals surface area contributed by atoms with Crippen molar-refractivity contribution in [1.29, 1.82) is 0 Å². The van der Waals surface area contributed by atoms with Gasteiger partial charge in [0.2, 0.25) is 0 Å². The third kappa shape index (κ3) is 2.73. The van der Waals surface area contributed by atoms with Gasteiger partial charge in [-0.05, 0) is 43.2 Å². The fourth-order valence-corrected chi connectivity index (χ4v) is 2.61. The second kappa shape index (κ2) is 4.59. The molecule has 2 rings (SSSR count). The van der Waals surface area contributed by atoms with E-state index < -0.39 is 12.1 Å². The first-order chi connectivity index (χ1) is 7.98. The Morgan fingerprint density at radius 3 is 2.12 bits per heavy atom. The van der Waals surface area contributed by atoms with Crippen LogP contribution >= 0.6 is 0 Å². The van der Waals surface area contributed by atoms with Crippen molar-refractivity contribution in [1.82, 2.24) is 0 Å². The average molecular weight is 243 g/mol. The van der Waals surface area contributed by atoms with Crippen molar-refractivity contribution in [3.8, 4) is 0 Å². The fraction of sp³-hybridized carbons (Fsp3) is 0.538. The molecule has 1 nitrogen and oxygen atoms in total. The van der Waals surface area contributed by atoms with Crippen LogP contribution in [0.15, 0.2) is 24.3 Å². The van der Waals surface area contributed by atoms with Gasteiger partial charge in [-0.3, -0.25) is 0 Å². The Morgan fingerprint density at radius 2 is 1.59 bits per heavy atom. The van der Waals surface area contributed by atoms with Gasteiger partial charge >= 0.3 is 6.18 Å². The van der Waals surface area contributed by atoms with Gasteiger partial charge in [0, 0.05) is 5.69 Å². The molecule has 1 aliphatic carbocycles. The highest BCUT2D eigenvalue weighted by Crippen LogP contribution is 2.43. The molecule has 0 amide bonds. The van der Waals surface area contributed by atoms with Gasteiger partial charge in [0.1, 0.15) is 0 Å². The van der Waals surface area contributed by atoms with E-state index in [1.54, 1.807) is 0 Å². The number of para-hydroxylation sites is 1. The van der Waals surface area contributed by atoms with Crippen LogP contribution in [0.5, 0.6) is 0 Å². The zero-order valence-electron chi connectivity index (χ0n) is 9.50. The van der Waals surface area contributed by atoms with Gasteiger partial charge in [-0.1, -0.05) is 18.2 Å². The van der Waals surface area contributed by atoms with Gasteiger partial charge in [-0.25, -0.2) is 0 Å². The lowest BCUT2D eigenvalue weighted by molar-refractivity contribution is -0.182. The average Bonchev–Trinajstić information content (AvgIpc) is 2.29. The molecule has 4 heteroatoms. The van der Waals surface area contributed by atoms with Gasteiger partial charge in [0.05, 0.1) is 5.92 Å². The Bertz CT molecular complexity index is 378. The summed E-state index contributed by atoms with van der Waals surface area (Å²) in [4.78, 5) is 0. The molecule has 0 bridgehead atoms. The molecule has 1 fully saturated rings. The van der Waals surface area contributed by atoms with E-state index in [2.05, 4.69) is 0 Å². The summed E-state index contributed by atoms with van der Waals surface area (Å²) in [7, 11) is 0. The molecule has 1 aliphatic rings. The second-order valence-electron chi connectivity index (χ2n) is 4.72. The normalized spacial score (nSPS) is 25.8. The van der Waals surface area contributed by atoms with E-state index in [0.29, 0.717) is 18.5 Å². The smallest absolute Gasteiger partial charge is 0.391 e. The van der Waals surface area contributed by atoms with E-state index in [1.807, 2.05) is 24.3 Å². The summed E-state index contributed by atoms with van der Waals surface area (Å²) in [5.74, 6) is -0.932. The van der Waals surface area contributed by atoms with Crippen molar-refractivity contribution in [3.63, 3.8) is 0 Å². The highest BCUT2D eigenvalue weighted by Gasteiger charge is 2.41. The number of rotatable bonds is 1. The molecule has 17 heavy (non-hydrogen) atoms. The van der Waals surface area contributed by atoms with Crippen molar-refractivity contribution >= 4 is 5.69 Å². The quantitative estimate of drug-likeness (QED) is 0.738. The first-order valence-electron chi connectivity index (χ1n) is 5.89. The van der Waals surface area contributed by atoms with Gasteiger partial charge in [-0.2, -0.15) is 13.2 Å².